The smallest absolute Gasteiger partial charge is 0.267 e. The maximum Gasteiger partial charge on any atom is 0.267 e. The van der Waals surface area contributed by atoms with Gasteiger partial charge in [-0.3, -0.25) is 4.79 Å². The molecule has 116 valence electrons. The summed E-state index contributed by atoms with van der Waals surface area (Å²) in [6, 6.07) is 17.0. The van der Waals surface area contributed by atoms with E-state index in [1.54, 1.807) is 12.1 Å². The summed E-state index contributed by atoms with van der Waals surface area (Å²) in [4.78, 5) is 12.1. The zero-order chi connectivity index (χ0) is 16.4. The molecule has 0 unspecified atom stereocenters. The fourth-order valence-electron chi connectivity index (χ4n) is 2.59. The Morgan fingerprint density at radius 2 is 1.83 bits per heavy atom. The van der Waals surface area contributed by atoms with Crippen LogP contribution in [0.25, 0.3) is 11.3 Å². The number of aryl methyl sites for hydroxylation is 2. The van der Waals surface area contributed by atoms with Gasteiger partial charge in [-0.2, -0.15) is 5.10 Å². The third-order valence-electron chi connectivity index (χ3n) is 3.80. The van der Waals surface area contributed by atoms with Gasteiger partial charge >= 0.3 is 0 Å². The first-order valence-corrected chi connectivity index (χ1v) is 7.81. The van der Waals surface area contributed by atoms with Crippen LogP contribution in [0.1, 0.15) is 16.7 Å². The first kappa shape index (κ1) is 15.5. The maximum atomic E-state index is 12.1. The Balaban J connectivity index is 2.03. The number of benzene rings is 2. The Morgan fingerprint density at radius 1 is 1.04 bits per heavy atom. The number of halogens is 1. The highest BCUT2D eigenvalue weighted by atomic mass is 35.5. The molecule has 0 bridgehead atoms. The van der Waals surface area contributed by atoms with Gasteiger partial charge in [-0.1, -0.05) is 53.6 Å². The van der Waals surface area contributed by atoms with Gasteiger partial charge in [0.05, 0.1) is 12.2 Å². The van der Waals surface area contributed by atoms with E-state index < -0.39 is 0 Å². The van der Waals surface area contributed by atoms with Crippen molar-refractivity contribution in [3.63, 3.8) is 0 Å². The fourth-order valence-corrected chi connectivity index (χ4v) is 2.79. The summed E-state index contributed by atoms with van der Waals surface area (Å²) in [5, 5.41) is 5.15. The quantitative estimate of drug-likeness (QED) is 0.722. The molecule has 0 aliphatic heterocycles. The lowest BCUT2D eigenvalue weighted by Crippen LogP contribution is -2.23. The predicted molar refractivity (Wildman–Crippen MR) is 94.0 cm³/mol. The Morgan fingerprint density at radius 3 is 2.57 bits per heavy atom. The van der Waals surface area contributed by atoms with Crippen molar-refractivity contribution in [3.8, 4) is 11.3 Å². The minimum atomic E-state index is -0.140. The van der Waals surface area contributed by atoms with Gasteiger partial charge in [0.2, 0.25) is 0 Å². The monoisotopic (exact) mass is 324 g/mol. The summed E-state index contributed by atoms with van der Waals surface area (Å²) in [5.41, 5.74) is 4.90. The number of hydrogen-bond donors (Lipinski definition) is 0. The van der Waals surface area contributed by atoms with Crippen LogP contribution in [0, 0.1) is 13.8 Å². The molecule has 0 amide bonds. The van der Waals surface area contributed by atoms with Gasteiger partial charge in [-0.15, -0.1) is 0 Å². The molecule has 0 N–H and O–H groups in total. The Kier molecular flexibility index (Phi) is 4.30. The van der Waals surface area contributed by atoms with Gasteiger partial charge in [0, 0.05) is 16.7 Å². The van der Waals surface area contributed by atoms with Gasteiger partial charge in [-0.05, 0) is 37.1 Å². The van der Waals surface area contributed by atoms with E-state index in [9.17, 15) is 4.79 Å². The van der Waals surface area contributed by atoms with Crippen LogP contribution < -0.4 is 5.56 Å². The number of nitrogens with zero attached hydrogens (tertiary/aromatic N) is 2. The second-order valence-electron chi connectivity index (χ2n) is 5.62. The molecule has 0 atom stereocenters. The largest absolute Gasteiger partial charge is 0.268 e. The highest BCUT2D eigenvalue weighted by molar-refractivity contribution is 6.31. The lowest BCUT2D eigenvalue weighted by atomic mass is 10.0. The first-order chi connectivity index (χ1) is 11.0. The molecular weight excluding hydrogens is 308 g/mol. The number of hydrogen-bond acceptors (Lipinski definition) is 2. The highest BCUT2D eigenvalue weighted by Gasteiger charge is 2.08. The van der Waals surface area contributed by atoms with Crippen LogP contribution in [0.2, 0.25) is 5.02 Å². The maximum absolute atomic E-state index is 12.1. The lowest BCUT2D eigenvalue weighted by Gasteiger charge is -2.10. The molecule has 2 aromatic carbocycles. The summed E-state index contributed by atoms with van der Waals surface area (Å²) < 4.78 is 1.45. The summed E-state index contributed by atoms with van der Waals surface area (Å²) in [5.74, 6) is 0. The van der Waals surface area contributed by atoms with E-state index in [4.69, 9.17) is 11.6 Å². The molecule has 4 heteroatoms. The van der Waals surface area contributed by atoms with E-state index in [1.165, 1.54) is 10.2 Å². The van der Waals surface area contributed by atoms with Gasteiger partial charge < -0.3 is 0 Å². The third kappa shape index (κ3) is 3.35. The fraction of sp³-hybridized carbons (Fsp3) is 0.158. The van der Waals surface area contributed by atoms with Crippen molar-refractivity contribution >= 4 is 11.6 Å². The van der Waals surface area contributed by atoms with E-state index >= 15 is 0 Å². The second-order valence-corrected chi connectivity index (χ2v) is 6.03. The Bertz CT molecular complexity index is 915. The normalized spacial score (nSPS) is 10.7. The van der Waals surface area contributed by atoms with E-state index in [1.807, 2.05) is 43.3 Å². The molecule has 1 aromatic heterocycles. The van der Waals surface area contributed by atoms with E-state index in [0.717, 1.165) is 22.4 Å². The van der Waals surface area contributed by atoms with Crippen LogP contribution in [0.5, 0.6) is 0 Å². The molecule has 3 nitrogen and oxygen atoms in total. The minimum absolute atomic E-state index is 0.140. The minimum Gasteiger partial charge on any atom is -0.268 e. The van der Waals surface area contributed by atoms with Crippen LogP contribution in [0.15, 0.2) is 59.4 Å². The van der Waals surface area contributed by atoms with Crippen molar-refractivity contribution in [2.45, 2.75) is 20.4 Å². The van der Waals surface area contributed by atoms with Crippen LogP contribution in [-0.2, 0) is 6.54 Å². The summed E-state index contributed by atoms with van der Waals surface area (Å²) in [6.45, 7) is 4.47. The van der Waals surface area contributed by atoms with Crippen molar-refractivity contribution in [1.82, 2.24) is 9.78 Å². The van der Waals surface area contributed by atoms with Crippen molar-refractivity contribution in [1.29, 1.82) is 0 Å². The Labute approximate surface area is 140 Å². The lowest BCUT2D eigenvalue weighted by molar-refractivity contribution is 0.643. The van der Waals surface area contributed by atoms with Crippen molar-refractivity contribution in [2.75, 3.05) is 0 Å². The molecule has 0 spiro atoms. The van der Waals surface area contributed by atoms with E-state index in [2.05, 4.69) is 18.1 Å². The van der Waals surface area contributed by atoms with Gasteiger partial charge in [-0.25, -0.2) is 4.68 Å². The van der Waals surface area contributed by atoms with Crippen molar-refractivity contribution in [3.05, 3.63) is 86.7 Å². The van der Waals surface area contributed by atoms with Crippen LogP contribution in [0.3, 0.4) is 0 Å². The first-order valence-electron chi connectivity index (χ1n) is 7.44. The van der Waals surface area contributed by atoms with Gasteiger partial charge in [0.1, 0.15) is 0 Å². The molecule has 3 aromatic rings. The summed E-state index contributed by atoms with van der Waals surface area (Å²) in [7, 11) is 0. The number of aromatic nitrogens is 2. The molecule has 3 rings (SSSR count). The van der Waals surface area contributed by atoms with Gasteiger partial charge in [0.25, 0.3) is 5.56 Å². The molecule has 0 radical (unpaired) electrons. The SMILES string of the molecule is Cc1ccc(-c2ccc(=O)n(Cc3ccccc3Cl)n2)c(C)c1. The topological polar surface area (TPSA) is 34.9 Å². The summed E-state index contributed by atoms with van der Waals surface area (Å²) >= 11 is 6.18. The average molecular weight is 325 g/mol. The molecule has 0 saturated carbocycles. The highest BCUT2D eigenvalue weighted by Crippen LogP contribution is 2.22. The Hall–Kier alpha value is -2.39. The molecule has 0 fully saturated rings. The third-order valence-corrected chi connectivity index (χ3v) is 4.17. The molecule has 0 aliphatic carbocycles. The molecular formula is C19H17ClN2O. The van der Waals surface area contributed by atoms with Crippen molar-refractivity contribution < 1.29 is 0 Å². The standard InChI is InChI=1S/C19H17ClN2O/c1-13-7-8-16(14(2)11-13)18-9-10-19(23)22(21-18)12-15-5-3-4-6-17(15)20/h3-11H,12H2,1-2H3. The predicted octanol–water partition coefficient (Wildman–Crippen LogP) is 4.23. The number of rotatable bonds is 3. The van der Waals surface area contributed by atoms with E-state index in [0.29, 0.717) is 11.6 Å². The van der Waals surface area contributed by atoms with Crippen molar-refractivity contribution in [2.24, 2.45) is 0 Å². The van der Waals surface area contributed by atoms with Crippen LogP contribution in [0.4, 0.5) is 0 Å². The summed E-state index contributed by atoms with van der Waals surface area (Å²) in [6.07, 6.45) is 0. The van der Waals surface area contributed by atoms with Gasteiger partial charge in [0.15, 0.2) is 0 Å². The van der Waals surface area contributed by atoms with Crippen LogP contribution >= 0.6 is 11.6 Å². The van der Waals surface area contributed by atoms with E-state index in [-0.39, 0.29) is 5.56 Å². The zero-order valence-corrected chi connectivity index (χ0v) is 13.8. The second kappa shape index (κ2) is 6.39. The zero-order valence-electron chi connectivity index (χ0n) is 13.1. The molecule has 1 heterocycles. The average Bonchev–Trinajstić information content (AvgIpc) is 2.52. The molecule has 0 saturated heterocycles. The molecule has 0 aliphatic rings. The molecule has 23 heavy (non-hydrogen) atoms. The van der Waals surface area contributed by atoms with Crippen LogP contribution in [-0.4, -0.2) is 9.78 Å².